The van der Waals surface area contributed by atoms with Gasteiger partial charge >= 0.3 is 11.9 Å². The monoisotopic (exact) mass is 322 g/mol. The van der Waals surface area contributed by atoms with Crippen LogP contribution in [0.25, 0.3) is 0 Å². The molecule has 17 heavy (non-hydrogen) atoms. The second kappa shape index (κ2) is 13.2. The molecule has 0 amide bonds. The molecule has 6 nitrogen and oxygen atoms in total. The SMILES string of the molecule is COC(=O)CC(C)=O.COC(=O)CC(C)=O.[Zr]. The van der Waals surface area contributed by atoms with Gasteiger partial charge in [0.25, 0.3) is 0 Å². The predicted molar refractivity (Wildman–Crippen MR) is 54.6 cm³/mol. The number of hydrogen-bond donors (Lipinski definition) is 0. The van der Waals surface area contributed by atoms with Crippen LogP contribution in [0, 0.1) is 0 Å². The Morgan fingerprint density at radius 2 is 1.00 bits per heavy atom. The fourth-order valence-electron chi connectivity index (χ4n) is 0.551. The molecular formula is C10H16O6Zr. The molecular weight excluding hydrogens is 307 g/mol. The normalized spacial score (nSPS) is 7.76. The van der Waals surface area contributed by atoms with E-state index >= 15 is 0 Å². The van der Waals surface area contributed by atoms with Crippen molar-refractivity contribution in [1.29, 1.82) is 0 Å². The van der Waals surface area contributed by atoms with E-state index in [-0.39, 0.29) is 50.6 Å². The third-order valence-corrected chi connectivity index (χ3v) is 1.24. The van der Waals surface area contributed by atoms with Crippen LogP contribution in [0.4, 0.5) is 0 Å². The molecule has 0 aromatic carbocycles. The zero-order chi connectivity index (χ0) is 13.1. The molecule has 0 rings (SSSR count). The van der Waals surface area contributed by atoms with E-state index in [0.717, 1.165) is 0 Å². The van der Waals surface area contributed by atoms with E-state index in [1.165, 1.54) is 28.1 Å². The summed E-state index contributed by atoms with van der Waals surface area (Å²) in [5.74, 6) is -1.29. The van der Waals surface area contributed by atoms with Crippen LogP contribution in [-0.2, 0) is 54.9 Å². The van der Waals surface area contributed by atoms with Crippen molar-refractivity contribution in [3.8, 4) is 0 Å². The summed E-state index contributed by atoms with van der Waals surface area (Å²) in [4.78, 5) is 40.6. The number of methoxy groups -OCH3 is 2. The molecule has 0 spiro atoms. The van der Waals surface area contributed by atoms with Crippen molar-refractivity contribution >= 4 is 23.5 Å². The maximum atomic E-state index is 10.2. The number of ketones is 2. The maximum absolute atomic E-state index is 10.2. The molecule has 7 heteroatoms. The van der Waals surface area contributed by atoms with Crippen molar-refractivity contribution in [2.75, 3.05) is 14.2 Å². The Morgan fingerprint density at radius 1 is 0.765 bits per heavy atom. The quantitative estimate of drug-likeness (QED) is 0.545. The average molecular weight is 323 g/mol. The largest absolute Gasteiger partial charge is 0.469 e. The van der Waals surface area contributed by atoms with E-state index in [0.29, 0.717) is 0 Å². The minimum absolute atomic E-state index is 0. The van der Waals surface area contributed by atoms with Gasteiger partial charge in [0.05, 0.1) is 14.2 Å². The molecule has 0 aliphatic rings. The summed E-state index contributed by atoms with van der Waals surface area (Å²) in [6.07, 6.45) is -0.229. The van der Waals surface area contributed by atoms with Gasteiger partial charge in [-0.3, -0.25) is 19.2 Å². The van der Waals surface area contributed by atoms with Crippen LogP contribution in [0.1, 0.15) is 26.7 Å². The molecule has 0 unspecified atom stereocenters. The summed E-state index contributed by atoms with van der Waals surface area (Å²) in [7, 11) is 2.51. The van der Waals surface area contributed by atoms with Crippen LogP contribution >= 0.6 is 0 Å². The smallest absolute Gasteiger partial charge is 0.313 e. The van der Waals surface area contributed by atoms with Crippen molar-refractivity contribution in [2.24, 2.45) is 0 Å². The van der Waals surface area contributed by atoms with Crippen LogP contribution in [0.15, 0.2) is 0 Å². The number of esters is 2. The van der Waals surface area contributed by atoms with Gasteiger partial charge in [0.15, 0.2) is 0 Å². The average Bonchev–Trinajstić information content (AvgIpc) is 2.16. The molecule has 0 bridgehead atoms. The second-order valence-electron chi connectivity index (χ2n) is 2.91. The molecule has 0 aliphatic heterocycles. The molecule has 0 atom stereocenters. The molecule has 0 aromatic rings. The van der Waals surface area contributed by atoms with Gasteiger partial charge in [0, 0.05) is 26.2 Å². The molecule has 0 fully saturated rings. The first kappa shape index (κ1) is 21.4. The molecule has 0 aliphatic carbocycles. The van der Waals surface area contributed by atoms with Crippen LogP contribution in [0.3, 0.4) is 0 Å². The maximum Gasteiger partial charge on any atom is 0.313 e. The van der Waals surface area contributed by atoms with Crippen molar-refractivity contribution in [3.63, 3.8) is 0 Å². The van der Waals surface area contributed by atoms with Gasteiger partial charge in [0.1, 0.15) is 24.4 Å². The third kappa shape index (κ3) is 21.1. The van der Waals surface area contributed by atoms with Gasteiger partial charge in [-0.05, 0) is 13.8 Å². The summed E-state index contributed by atoms with van der Waals surface area (Å²) >= 11 is 0. The van der Waals surface area contributed by atoms with Gasteiger partial charge in [-0.15, -0.1) is 0 Å². The van der Waals surface area contributed by atoms with Crippen molar-refractivity contribution in [2.45, 2.75) is 26.7 Å². The molecule has 0 saturated carbocycles. The van der Waals surface area contributed by atoms with E-state index in [4.69, 9.17) is 0 Å². The first-order chi connectivity index (χ1) is 7.33. The molecule has 0 N–H and O–H groups in total. The van der Waals surface area contributed by atoms with Gasteiger partial charge < -0.3 is 9.47 Å². The molecule has 0 heterocycles. The topological polar surface area (TPSA) is 86.7 Å². The van der Waals surface area contributed by atoms with Crippen LogP contribution in [0.5, 0.6) is 0 Å². The summed E-state index contributed by atoms with van der Waals surface area (Å²) in [6.45, 7) is 2.69. The minimum Gasteiger partial charge on any atom is -0.469 e. The standard InChI is InChI=1S/2C5H8O3.Zr/c2*1-4(6)3-5(7)8-2;/h2*3H2,1-2H3;. The second-order valence-corrected chi connectivity index (χ2v) is 2.91. The molecule has 96 valence electrons. The van der Waals surface area contributed by atoms with Gasteiger partial charge in [-0.1, -0.05) is 0 Å². The van der Waals surface area contributed by atoms with Crippen molar-refractivity contribution < 1.29 is 54.9 Å². The Balaban J connectivity index is -0.000000218. The number of carbonyl (C=O) groups is 4. The Kier molecular flexibility index (Phi) is 16.7. The Hall–Kier alpha value is -0.837. The molecule has 0 aromatic heterocycles. The fourth-order valence-corrected chi connectivity index (χ4v) is 0.551. The third-order valence-electron chi connectivity index (χ3n) is 1.24. The number of rotatable bonds is 4. The van der Waals surface area contributed by atoms with Crippen molar-refractivity contribution in [1.82, 2.24) is 0 Å². The fraction of sp³-hybridized carbons (Fsp3) is 0.600. The van der Waals surface area contributed by atoms with Crippen LogP contribution < -0.4 is 0 Å². The first-order valence-corrected chi connectivity index (χ1v) is 4.46. The zero-order valence-corrected chi connectivity index (χ0v) is 12.8. The number of hydrogen-bond acceptors (Lipinski definition) is 6. The van der Waals surface area contributed by atoms with E-state index in [1.807, 2.05) is 0 Å². The van der Waals surface area contributed by atoms with E-state index < -0.39 is 11.9 Å². The van der Waals surface area contributed by atoms with Gasteiger partial charge in [-0.25, -0.2) is 0 Å². The first-order valence-electron chi connectivity index (χ1n) is 4.46. The van der Waals surface area contributed by atoms with Crippen molar-refractivity contribution in [3.05, 3.63) is 0 Å². The zero-order valence-electron chi connectivity index (χ0n) is 10.4. The number of ether oxygens (including phenoxy) is 2. The van der Waals surface area contributed by atoms with E-state index in [1.54, 1.807) is 0 Å². The van der Waals surface area contributed by atoms with Crippen LogP contribution in [0.2, 0.25) is 0 Å². The van der Waals surface area contributed by atoms with E-state index in [9.17, 15) is 19.2 Å². The molecule has 0 saturated heterocycles. The van der Waals surface area contributed by atoms with Crippen LogP contribution in [-0.4, -0.2) is 37.7 Å². The Morgan fingerprint density at radius 3 is 1.06 bits per heavy atom. The predicted octanol–water partition coefficient (Wildman–Crippen LogP) is 0.274. The van der Waals surface area contributed by atoms with Gasteiger partial charge in [-0.2, -0.15) is 0 Å². The summed E-state index contributed by atoms with van der Waals surface area (Å²) in [6, 6.07) is 0. The number of carbonyl (C=O) groups excluding carboxylic acids is 4. The molecule has 0 radical (unpaired) electrons. The Labute approximate surface area is 119 Å². The summed E-state index contributed by atoms with van der Waals surface area (Å²) in [5, 5.41) is 0. The van der Waals surface area contributed by atoms with Gasteiger partial charge in [0.2, 0.25) is 0 Å². The Bertz CT molecular complexity index is 246. The van der Waals surface area contributed by atoms with E-state index in [2.05, 4.69) is 9.47 Å². The minimum atomic E-state index is -0.475. The summed E-state index contributed by atoms with van der Waals surface area (Å²) in [5.41, 5.74) is 0. The summed E-state index contributed by atoms with van der Waals surface area (Å²) < 4.78 is 8.40. The number of Topliss-reactive ketones (excluding diaryl/α,β-unsaturated/α-hetero) is 2.